The van der Waals surface area contributed by atoms with Crippen LogP contribution in [0.5, 0.6) is 11.5 Å². The topological polar surface area (TPSA) is 84.2 Å². The second kappa shape index (κ2) is 11.3. The van der Waals surface area contributed by atoms with Gasteiger partial charge in [0.25, 0.3) is 0 Å². The van der Waals surface area contributed by atoms with Crippen LogP contribution in [-0.4, -0.2) is 23.2 Å². The molecule has 174 valence electrons. The molecule has 0 unspecified atom stereocenters. The van der Waals surface area contributed by atoms with Crippen LogP contribution in [0.25, 0.3) is 21.8 Å². The van der Waals surface area contributed by atoms with Gasteiger partial charge in [0.05, 0.1) is 38.6 Å². The highest BCUT2D eigenvalue weighted by molar-refractivity contribution is 14.1. The van der Waals surface area contributed by atoms with Crippen LogP contribution in [-0.2, 0) is 0 Å². The molecule has 2 aromatic carbocycles. The number of aromatic nitrogens is 2. The molecule has 0 bridgehead atoms. The fraction of sp³-hybridized carbons (Fsp3) is 0.250. The molecule has 0 aliphatic rings. The Labute approximate surface area is 202 Å². The van der Waals surface area contributed by atoms with Crippen LogP contribution in [0.3, 0.4) is 0 Å². The first-order valence-corrected chi connectivity index (χ1v) is 11.5. The van der Waals surface area contributed by atoms with Crippen molar-refractivity contribution in [3.63, 3.8) is 0 Å². The fourth-order valence-corrected chi connectivity index (χ4v) is 3.56. The average molecular weight is 568 g/mol. The third-order valence-electron chi connectivity index (χ3n) is 4.65. The summed E-state index contributed by atoms with van der Waals surface area (Å²) in [4.78, 5) is 29.1. The molecule has 6 nitrogen and oxygen atoms in total. The van der Waals surface area contributed by atoms with Crippen LogP contribution in [0.4, 0.5) is 8.78 Å². The molecule has 2 heterocycles. The van der Waals surface area contributed by atoms with Crippen molar-refractivity contribution in [2.24, 2.45) is 0 Å². The molecule has 0 fully saturated rings. The summed E-state index contributed by atoms with van der Waals surface area (Å²) in [6.45, 7) is 5.04. The number of ether oxygens (including phenoxy) is 2. The highest BCUT2D eigenvalue weighted by Crippen LogP contribution is 2.25. The van der Waals surface area contributed by atoms with E-state index in [9.17, 15) is 18.4 Å². The molecule has 0 aliphatic carbocycles. The Kier molecular flexibility index (Phi) is 8.43. The first-order valence-electron chi connectivity index (χ1n) is 10.4. The van der Waals surface area contributed by atoms with Crippen LogP contribution in [0, 0.1) is 15.2 Å². The molecule has 0 radical (unpaired) electrons. The third kappa shape index (κ3) is 5.52. The Morgan fingerprint density at radius 3 is 1.94 bits per heavy atom. The van der Waals surface area contributed by atoms with E-state index < -0.39 is 11.6 Å². The quantitative estimate of drug-likeness (QED) is 0.301. The van der Waals surface area contributed by atoms with E-state index in [4.69, 9.17) is 9.47 Å². The zero-order chi connectivity index (χ0) is 24.0. The predicted octanol–water partition coefficient (Wildman–Crippen LogP) is 5.52. The van der Waals surface area contributed by atoms with Crippen LogP contribution in [0.2, 0.25) is 0 Å². The number of nitrogens with one attached hydrogen (secondary N) is 2. The van der Waals surface area contributed by atoms with Gasteiger partial charge in [-0.1, -0.05) is 13.8 Å². The molecule has 2 N–H and O–H groups in total. The maximum absolute atomic E-state index is 13.7. The van der Waals surface area contributed by atoms with Gasteiger partial charge in [0.15, 0.2) is 5.43 Å². The number of H-pyrrole nitrogens is 2. The molecule has 4 aromatic rings. The Morgan fingerprint density at radius 1 is 0.818 bits per heavy atom. The zero-order valence-corrected chi connectivity index (χ0v) is 20.3. The molecule has 9 heteroatoms. The minimum absolute atomic E-state index is 0.0519. The van der Waals surface area contributed by atoms with Gasteiger partial charge in [0.1, 0.15) is 23.1 Å². The van der Waals surface area contributed by atoms with E-state index in [0.717, 1.165) is 12.8 Å². The Hall–Kier alpha value is -2.95. The minimum Gasteiger partial charge on any atom is -0.491 e. The van der Waals surface area contributed by atoms with E-state index >= 15 is 0 Å². The number of pyridine rings is 2. The molecular formula is C24H23F2IN2O4. The van der Waals surface area contributed by atoms with Gasteiger partial charge < -0.3 is 19.4 Å². The number of halogens is 3. The summed E-state index contributed by atoms with van der Waals surface area (Å²) in [5.41, 5.74) is 0.191. The van der Waals surface area contributed by atoms with Gasteiger partial charge >= 0.3 is 0 Å². The summed E-state index contributed by atoms with van der Waals surface area (Å²) >= 11 is 1.88. The molecule has 0 atom stereocenters. The van der Waals surface area contributed by atoms with Crippen molar-refractivity contribution in [2.75, 3.05) is 13.2 Å². The Balaban J connectivity index is 0.000000186. The Morgan fingerprint density at radius 2 is 1.36 bits per heavy atom. The Bertz CT molecular complexity index is 1390. The van der Waals surface area contributed by atoms with Crippen molar-refractivity contribution in [3.8, 4) is 11.5 Å². The number of rotatable bonds is 6. The highest BCUT2D eigenvalue weighted by Gasteiger charge is 2.12. The number of hydrogen-bond donors (Lipinski definition) is 2. The van der Waals surface area contributed by atoms with Gasteiger partial charge in [-0.05, 0) is 59.7 Å². The number of fused-ring (bicyclic) bond motifs is 2. The molecule has 0 saturated heterocycles. The zero-order valence-electron chi connectivity index (χ0n) is 18.1. The van der Waals surface area contributed by atoms with E-state index in [1.807, 2.05) is 36.4 Å². The maximum Gasteiger partial charge on any atom is 0.205 e. The van der Waals surface area contributed by atoms with E-state index in [-0.39, 0.29) is 21.6 Å². The van der Waals surface area contributed by atoms with Gasteiger partial charge in [-0.3, -0.25) is 9.59 Å². The number of benzene rings is 2. The van der Waals surface area contributed by atoms with Crippen LogP contribution < -0.4 is 20.3 Å². The predicted molar refractivity (Wildman–Crippen MR) is 133 cm³/mol. The second-order valence-electron chi connectivity index (χ2n) is 7.10. The first-order chi connectivity index (χ1) is 15.9. The lowest BCUT2D eigenvalue weighted by atomic mass is 10.2. The van der Waals surface area contributed by atoms with Crippen molar-refractivity contribution in [2.45, 2.75) is 26.7 Å². The van der Waals surface area contributed by atoms with Gasteiger partial charge in [-0.15, -0.1) is 0 Å². The van der Waals surface area contributed by atoms with E-state index in [1.54, 1.807) is 6.20 Å². The van der Waals surface area contributed by atoms with Gasteiger partial charge in [-0.25, -0.2) is 8.78 Å². The largest absolute Gasteiger partial charge is 0.491 e. The lowest BCUT2D eigenvalue weighted by Crippen LogP contribution is -2.09. The molecule has 0 aliphatic heterocycles. The van der Waals surface area contributed by atoms with Crippen molar-refractivity contribution in [1.82, 2.24) is 9.97 Å². The normalized spacial score (nSPS) is 10.7. The van der Waals surface area contributed by atoms with Crippen LogP contribution >= 0.6 is 22.6 Å². The summed E-state index contributed by atoms with van der Waals surface area (Å²) in [6.07, 6.45) is 4.76. The van der Waals surface area contributed by atoms with E-state index in [0.29, 0.717) is 39.3 Å². The second-order valence-corrected chi connectivity index (χ2v) is 8.26. The molecule has 0 spiro atoms. The summed E-state index contributed by atoms with van der Waals surface area (Å²) in [5.74, 6) is -0.0305. The van der Waals surface area contributed by atoms with Gasteiger partial charge in [0, 0.05) is 18.5 Å². The molecule has 4 rings (SSSR count). The SMILES string of the molecule is CCCOc1ccc(F)c2c(=O)c(I)c[nH]c12.CCCOc1ccc(F)c2c(=O)cc[nH]c12. The smallest absolute Gasteiger partial charge is 0.205 e. The first kappa shape index (κ1) is 24.7. The van der Waals surface area contributed by atoms with Crippen molar-refractivity contribution in [1.29, 1.82) is 0 Å². The average Bonchev–Trinajstić information content (AvgIpc) is 2.81. The summed E-state index contributed by atoms with van der Waals surface area (Å²) in [6, 6.07) is 6.88. The van der Waals surface area contributed by atoms with E-state index in [1.165, 1.54) is 36.5 Å². The third-order valence-corrected chi connectivity index (χ3v) is 5.45. The summed E-state index contributed by atoms with van der Waals surface area (Å²) in [5, 5.41) is 0.113. The summed E-state index contributed by atoms with van der Waals surface area (Å²) < 4.78 is 38.5. The van der Waals surface area contributed by atoms with Crippen molar-refractivity contribution >= 4 is 44.4 Å². The minimum atomic E-state index is -0.527. The lowest BCUT2D eigenvalue weighted by Gasteiger charge is -2.08. The number of hydrogen-bond acceptors (Lipinski definition) is 4. The van der Waals surface area contributed by atoms with Crippen molar-refractivity contribution in [3.05, 3.63) is 78.4 Å². The molecule has 0 saturated carbocycles. The fourth-order valence-electron chi connectivity index (χ4n) is 3.13. The van der Waals surface area contributed by atoms with Crippen molar-refractivity contribution < 1.29 is 18.3 Å². The van der Waals surface area contributed by atoms with Crippen LogP contribution in [0.1, 0.15) is 26.7 Å². The number of aromatic amines is 2. The lowest BCUT2D eigenvalue weighted by molar-refractivity contribution is 0.320. The van der Waals surface area contributed by atoms with Gasteiger partial charge in [-0.2, -0.15) is 0 Å². The molecule has 33 heavy (non-hydrogen) atoms. The monoisotopic (exact) mass is 568 g/mol. The van der Waals surface area contributed by atoms with Gasteiger partial charge in [0.2, 0.25) is 5.43 Å². The molecular weight excluding hydrogens is 545 g/mol. The highest BCUT2D eigenvalue weighted by atomic mass is 127. The summed E-state index contributed by atoms with van der Waals surface area (Å²) in [7, 11) is 0. The molecule has 2 aromatic heterocycles. The standard InChI is InChI=1S/C12H11FINO2.C12H12FNO2/c1-2-5-17-9-4-3-7(13)10-11(9)15-6-8(14)12(10)16;1-2-7-16-10-4-3-8(13)11-9(15)5-6-14-12(10)11/h3-4,6H,2,5H2,1H3,(H,15,16);3-6H,2,7H2,1H3,(H,14,15). The molecule has 0 amide bonds. The maximum atomic E-state index is 13.7. The van der Waals surface area contributed by atoms with Crippen LogP contribution in [0.15, 0.2) is 52.3 Å². The van der Waals surface area contributed by atoms with E-state index in [2.05, 4.69) is 9.97 Å².